The fraction of sp³-hybridized carbons (Fsp3) is 0.750. The van der Waals surface area contributed by atoms with Crippen molar-refractivity contribution < 1.29 is 14.3 Å². The van der Waals surface area contributed by atoms with Crippen LogP contribution in [0.25, 0.3) is 0 Å². The summed E-state index contributed by atoms with van der Waals surface area (Å²) in [4.78, 5) is 23.5. The minimum absolute atomic E-state index is 0.139. The van der Waals surface area contributed by atoms with Gasteiger partial charge in [-0.25, -0.2) is 0 Å². The van der Waals surface area contributed by atoms with E-state index in [1.807, 2.05) is 0 Å². The molecular formula is C12H20N2O3S. The first-order valence-electron chi connectivity index (χ1n) is 6.18. The first-order chi connectivity index (χ1) is 8.53. The molecule has 0 heterocycles. The van der Waals surface area contributed by atoms with Gasteiger partial charge in [-0.3, -0.25) is 9.59 Å². The van der Waals surface area contributed by atoms with Gasteiger partial charge in [0.05, 0.1) is 17.5 Å². The summed E-state index contributed by atoms with van der Waals surface area (Å²) in [5.74, 6) is -0.725. The van der Waals surface area contributed by atoms with Gasteiger partial charge in [-0.2, -0.15) is 0 Å². The summed E-state index contributed by atoms with van der Waals surface area (Å²) >= 11 is 5.07. The normalized spacial score (nSPS) is 18.5. The highest BCUT2D eigenvalue weighted by Gasteiger charge is 2.41. The van der Waals surface area contributed by atoms with Crippen molar-refractivity contribution in [2.24, 2.45) is 11.1 Å². The summed E-state index contributed by atoms with van der Waals surface area (Å²) in [5, 5.41) is 2.57. The first-order valence-corrected chi connectivity index (χ1v) is 6.59. The maximum Gasteiger partial charge on any atom is 0.325 e. The standard InChI is InChI=1S/C12H20N2O3S/c1-17-9(15)8-14-11(16)12(10(13)18)6-4-2-3-5-7-12/h2-8H2,1H3,(H2,13,18)(H,14,16). The Morgan fingerprint density at radius 3 is 2.28 bits per heavy atom. The van der Waals surface area contributed by atoms with E-state index >= 15 is 0 Å². The second-order valence-electron chi connectivity index (χ2n) is 4.62. The van der Waals surface area contributed by atoms with Gasteiger partial charge in [0.1, 0.15) is 6.54 Å². The number of amides is 1. The van der Waals surface area contributed by atoms with Gasteiger partial charge in [-0.15, -0.1) is 0 Å². The van der Waals surface area contributed by atoms with Crippen molar-refractivity contribution in [3.63, 3.8) is 0 Å². The van der Waals surface area contributed by atoms with Crippen LogP contribution >= 0.6 is 12.2 Å². The molecule has 0 atom stereocenters. The second-order valence-corrected chi connectivity index (χ2v) is 5.06. The van der Waals surface area contributed by atoms with Crippen LogP contribution < -0.4 is 11.1 Å². The maximum absolute atomic E-state index is 12.2. The van der Waals surface area contributed by atoms with Gasteiger partial charge in [-0.05, 0) is 12.8 Å². The van der Waals surface area contributed by atoms with Crippen molar-refractivity contribution in [1.29, 1.82) is 0 Å². The van der Waals surface area contributed by atoms with E-state index in [-0.39, 0.29) is 17.4 Å². The summed E-state index contributed by atoms with van der Waals surface area (Å²) < 4.78 is 4.49. The zero-order chi connectivity index (χ0) is 13.6. The van der Waals surface area contributed by atoms with Crippen LogP contribution in [0.5, 0.6) is 0 Å². The molecule has 1 aliphatic carbocycles. The Hall–Kier alpha value is -1.17. The molecule has 1 rings (SSSR count). The largest absolute Gasteiger partial charge is 0.468 e. The number of ether oxygens (including phenoxy) is 1. The Morgan fingerprint density at radius 1 is 1.28 bits per heavy atom. The third-order valence-electron chi connectivity index (χ3n) is 3.48. The first kappa shape index (κ1) is 14.9. The second kappa shape index (κ2) is 6.68. The Labute approximate surface area is 112 Å². The highest BCUT2D eigenvalue weighted by molar-refractivity contribution is 7.80. The number of rotatable bonds is 4. The minimum Gasteiger partial charge on any atom is -0.468 e. The quantitative estimate of drug-likeness (QED) is 0.451. The SMILES string of the molecule is COC(=O)CNC(=O)C1(C(N)=S)CCCCCC1. The lowest BCUT2D eigenvalue weighted by molar-refractivity contribution is -0.142. The lowest BCUT2D eigenvalue weighted by Crippen LogP contribution is -2.49. The van der Waals surface area contributed by atoms with Crippen LogP contribution in [0.3, 0.4) is 0 Å². The van der Waals surface area contributed by atoms with Crippen LogP contribution in [0.1, 0.15) is 38.5 Å². The molecule has 0 saturated heterocycles. The molecule has 1 saturated carbocycles. The molecule has 18 heavy (non-hydrogen) atoms. The molecule has 0 aromatic carbocycles. The van der Waals surface area contributed by atoms with E-state index in [9.17, 15) is 9.59 Å². The van der Waals surface area contributed by atoms with Crippen molar-refractivity contribution in [2.75, 3.05) is 13.7 Å². The van der Waals surface area contributed by atoms with Crippen LogP contribution in [0, 0.1) is 5.41 Å². The van der Waals surface area contributed by atoms with E-state index in [2.05, 4.69) is 10.1 Å². The average molecular weight is 272 g/mol. The maximum atomic E-state index is 12.2. The Bertz CT molecular complexity index is 336. The average Bonchev–Trinajstić information content (AvgIpc) is 2.61. The third-order valence-corrected chi connectivity index (χ3v) is 3.88. The van der Waals surface area contributed by atoms with Crippen LogP contribution in [0.2, 0.25) is 0 Å². The molecule has 0 aromatic heterocycles. The lowest BCUT2D eigenvalue weighted by atomic mass is 9.79. The minimum atomic E-state index is -0.792. The number of carbonyl (C=O) groups excluding carboxylic acids is 2. The number of nitrogens with two attached hydrogens (primary N) is 1. The van der Waals surface area contributed by atoms with Crippen molar-refractivity contribution in [2.45, 2.75) is 38.5 Å². The number of hydrogen-bond donors (Lipinski definition) is 2. The van der Waals surface area contributed by atoms with Gasteiger partial charge in [-0.1, -0.05) is 37.9 Å². The smallest absolute Gasteiger partial charge is 0.325 e. The summed E-state index contributed by atoms with van der Waals surface area (Å²) in [6.45, 7) is -0.139. The summed E-state index contributed by atoms with van der Waals surface area (Å²) in [6.07, 6.45) is 5.37. The van der Waals surface area contributed by atoms with Crippen molar-refractivity contribution >= 4 is 29.1 Å². The molecule has 1 aliphatic rings. The van der Waals surface area contributed by atoms with Gasteiger partial charge in [0, 0.05) is 0 Å². The molecule has 1 amide bonds. The predicted octanol–water partition coefficient (Wildman–Crippen LogP) is 0.902. The molecular weight excluding hydrogens is 252 g/mol. The van der Waals surface area contributed by atoms with Gasteiger partial charge in [0.2, 0.25) is 5.91 Å². The fourth-order valence-electron chi connectivity index (χ4n) is 2.31. The molecule has 102 valence electrons. The van der Waals surface area contributed by atoms with Gasteiger partial charge >= 0.3 is 5.97 Å². The van der Waals surface area contributed by atoms with Gasteiger partial charge in [0.25, 0.3) is 0 Å². The van der Waals surface area contributed by atoms with Crippen LogP contribution in [-0.2, 0) is 14.3 Å². The summed E-state index contributed by atoms with van der Waals surface area (Å²) in [7, 11) is 1.28. The topological polar surface area (TPSA) is 81.4 Å². The number of thiocarbonyl (C=S) groups is 1. The van der Waals surface area contributed by atoms with E-state index < -0.39 is 11.4 Å². The van der Waals surface area contributed by atoms with E-state index in [0.29, 0.717) is 12.8 Å². The zero-order valence-electron chi connectivity index (χ0n) is 10.7. The molecule has 5 nitrogen and oxygen atoms in total. The van der Waals surface area contributed by atoms with Crippen LogP contribution in [0.4, 0.5) is 0 Å². The van der Waals surface area contributed by atoms with E-state index in [0.717, 1.165) is 25.7 Å². The van der Waals surface area contributed by atoms with E-state index in [1.165, 1.54) is 7.11 Å². The number of methoxy groups -OCH3 is 1. The molecule has 0 bridgehead atoms. The molecule has 0 aliphatic heterocycles. The van der Waals surface area contributed by atoms with E-state index in [4.69, 9.17) is 18.0 Å². The zero-order valence-corrected chi connectivity index (χ0v) is 11.5. The molecule has 1 fully saturated rings. The van der Waals surface area contributed by atoms with Gasteiger partial charge < -0.3 is 15.8 Å². The summed E-state index contributed by atoms with van der Waals surface area (Å²) in [5.41, 5.74) is 4.97. The monoisotopic (exact) mass is 272 g/mol. The Kier molecular flexibility index (Phi) is 5.53. The highest BCUT2D eigenvalue weighted by Crippen LogP contribution is 2.35. The predicted molar refractivity (Wildman–Crippen MR) is 71.9 cm³/mol. The van der Waals surface area contributed by atoms with Crippen molar-refractivity contribution in [3.8, 4) is 0 Å². The van der Waals surface area contributed by atoms with Crippen LogP contribution in [0.15, 0.2) is 0 Å². The lowest BCUT2D eigenvalue weighted by Gasteiger charge is -2.29. The van der Waals surface area contributed by atoms with Crippen molar-refractivity contribution in [3.05, 3.63) is 0 Å². The molecule has 0 spiro atoms. The van der Waals surface area contributed by atoms with E-state index in [1.54, 1.807) is 0 Å². The molecule has 0 unspecified atom stereocenters. The number of carbonyl (C=O) groups is 2. The Balaban J connectivity index is 2.73. The molecule has 6 heteroatoms. The molecule has 3 N–H and O–H groups in total. The summed E-state index contributed by atoms with van der Waals surface area (Å²) in [6, 6.07) is 0. The molecule has 0 radical (unpaired) electrons. The number of nitrogens with one attached hydrogen (secondary N) is 1. The number of esters is 1. The molecule has 0 aromatic rings. The third kappa shape index (κ3) is 3.41. The Morgan fingerprint density at radius 2 is 1.83 bits per heavy atom. The van der Waals surface area contributed by atoms with Crippen LogP contribution in [-0.4, -0.2) is 30.5 Å². The van der Waals surface area contributed by atoms with Gasteiger partial charge in [0.15, 0.2) is 0 Å². The number of hydrogen-bond acceptors (Lipinski definition) is 4. The highest BCUT2D eigenvalue weighted by atomic mass is 32.1. The van der Waals surface area contributed by atoms with Crippen molar-refractivity contribution in [1.82, 2.24) is 5.32 Å². The fourth-order valence-corrected chi connectivity index (χ4v) is 2.61.